The van der Waals surface area contributed by atoms with E-state index in [0.717, 1.165) is 41.9 Å². The first kappa shape index (κ1) is 15.8. The second kappa shape index (κ2) is 6.31. The average Bonchev–Trinajstić information content (AvgIpc) is 3.27. The van der Waals surface area contributed by atoms with Gasteiger partial charge in [-0.05, 0) is 42.7 Å². The number of rotatable bonds is 3. The third-order valence-electron chi connectivity index (χ3n) is 5.11. The highest BCUT2D eigenvalue weighted by atomic mass is 16.2. The fourth-order valence-corrected chi connectivity index (χ4v) is 3.63. The molecule has 0 saturated carbocycles. The lowest BCUT2D eigenvalue weighted by atomic mass is 10.1. The summed E-state index contributed by atoms with van der Waals surface area (Å²) in [6.07, 6.45) is 3.72. The predicted octanol–water partition coefficient (Wildman–Crippen LogP) is 3.16. The molecule has 25 heavy (non-hydrogen) atoms. The highest BCUT2D eigenvalue weighted by Crippen LogP contribution is 2.29. The third kappa shape index (κ3) is 2.80. The van der Waals surface area contributed by atoms with Crippen LogP contribution < -0.4 is 0 Å². The molecule has 1 aromatic carbocycles. The van der Waals surface area contributed by atoms with Gasteiger partial charge in [-0.25, -0.2) is 9.97 Å². The molecule has 1 unspecified atom stereocenters. The number of fused-ring (bicyclic) bond motifs is 1. The minimum absolute atomic E-state index is 0.113. The van der Waals surface area contributed by atoms with E-state index in [9.17, 15) is 4.79 Å². The molecule has 1 aliphatic rings. The first-order valence-electron chi connectivity index (χ1n) is 8.83. The summed E-state index contributed by atoms with van der Waals surface area (Å²) in [6.45, 7) is 3.61. The van der Waals surface area contributed by atoms with E-state index < -0.39 is 0 Å². The molecule has 0 spiro atoms. The molecule has 5 heteroatoms. The molecular weight excluding hydrogens is 312 g/mol. The van der Waals surface area contributed by atoms with Crippen molar-refractivity contribution in [2.24, 2.45) is 7.05 Å². The van der Waals surface area contributed by atoms with Gasteiger partial charge in [0.1, 0.15) is 11.3 Å². The van der Waals surface area contributed by atoms with E-state index in [1.807, 2.05) is 48.3 Å². The Morgan fingerprint density at radius 2 is 2.04 bits per heavy atom. The summed E-state index contributed by atoms with van der Waals surface area (Å²) in [5.41, 5.74) is 3.84. The van der Waals surface area contributed by atoms with Crippen LogP contribution >= 0.6 is 0 Å². The molecule has 1 saturated heterocycles. The molecule has 1 fully saturated rings. The summed E-state index contributed by atoms with van der Waals surface area (Å²) in [6, 6.07) is 11.8. The maximum atomic E-state index is 12.8. The van der Waals surface area contributed by atoms with E-state index in [0.29, 0.717) is 6.54 Å². The molecular formula is C20H22N4O. The largest absolute Gasteiger partial charge is 0.338 e. The van der Waals surface area contributed by atoms with Crippen molar-refractivity contribution in [3.05, 3.63) is 59.5 Å². The van der Waals surface area contributed by atoms with Crippen LogP contribution in [0, 0.1) is 0 Å². The summed E-state index contributed by atoms with van der Waals surface area (Å²) in [4.78, 5) is 23.9. The molecule has 0 bridgehead atoms. The van der Waals surface area contributed by atoms with Crippen LogP contribution in [0.1, 0.15) is 41.0 Å². The number of benzene rings is 1. The van der Waals surface area contributed by atoms with Gasteiger partial charge in [-0.15, -0.1) is 0 Å². The van der Waals surface area contributed by atoms with Gasteiger partial charge in [0.25, 0.3) is 5.91 Å². The number of aryl methyl sites for hydroxylation is 2. The van der Waals surface area contributed by atoms with E-state index in [-0.39, 0.29) is 11.8 Å². The van der Waals surface area contributed by atoms with E-state index in [4.69, 9.17) is 4.98 Å². The monoisotopic (exact) mass is 334 g/mol. The van der Waals surface area contributed by atoms with Crippen LogP contribution in [0.3, 0.4) is 0 Å². The lowest BCUT2D eigenvalue weighted by Crippen LogP contribution is -2.28. The zero-order valence-corrected chi connectivity index (χ0v) is 14.6. The molecule has 0 radical (unpaired) electrons. The first-order valence-corrected chi connectivity index (χ1v) is 8.83. The van der Waals surface area contributed by atoms with E-state index >= 15 is 0 Å². The first-order chi connectivity index (χ1) is 12.2. The van der Waals surface area contributed by atoms with Gasteiger partial charge in [0, 0.05) is 37.8 Å². The molecule has 128 valence electrons. The van der Waals surface area contributed by atoms with Crippen LogP contribution in [0.4, 0.5) is 0 Å². The Morgan fingerprint density at radius 3 is 2.76 bits per heavy atom. The Hall–Kier alpha value is -2.69. The molecule has 3 aromatic rings. The summed E-state index contributed by atoms with van der Waals surface area (Å²) < 4.78 is 2.06. The topological polar surface area (TPSA) is 51.0 Å². The number of carbonyl (C=O) groups excluding carboxylic acids is 1. The van der Waals surface area contributed by atoms with Gasteiger partial charge >= 0.3 is 0 Å². The summed E-state index contributed by atoms with van der Waals surface area (Å²) in [5.74, 6) is 1.39. The number of carbonyl (C=O) groups is 1. The number of aromatic nitrogens is 3. The Labute approximate surface area is 147 Å². The van der Waals surface area contributed by atoms with Crippen molar-refractivity contribution < 1.29 is 4.79 Å². The van der Waals surface area contributed by atoms with Crippen LogP contribution in [-0.4, -0.2) is 38.4 Å². The average molecular weight is 334 g/mol. The van der Waals surface area contributed by atoms with Crippen molar-refractivity contribution in [1.29, 1.82) is 0 Å². The molecule has 1 amide bonds. The number of hydrogen-bond acceptors (Lipinski definition) is 3. The number of likely N-dealkylation sites (tertiary alicyclic amines) is 1. The van der Waals surface area contributed by atoms with Gasteiger partial charge in [-0.1, -0.05) is 19.1 Å². The lowest BCUT2D eigenvalue weighted by molar-refractivity contribution is 0.0790. The van der Waals surface area contributed by atoms with Gasteiger partial charge in [0.05, 0.1) is 0 Å². The van der Waals surface area contributed by atoms with Crippen molar-refractivity contribution in [2.75, 3.05) is 13.1 Å². The minimum Gasteiger partial charge on any atom is -0.338 e. The van der Waals surface area contributed by atoms with Crippen LogP contribution in [0.25, 0.3) is 11.2 Å². The van der Waals surface area contributed by atoms with Gasteiger partial charge < -0.3 is 9.47 Å². The van der Waals surface area contributed by atoms with Crippen molar-refractivity contribution in [2.45, 2.75) is 25.7 Å². The highest BCUT2D eigenvalue weighted by molar-refractivity contribution is 5.94. The van der Waals surface area contributed by atoms with Gasteiger partial charge in [0.2, 0.25) is 0 Å². The fraction of sp³-hybridized carbons (Fsp3) is 0.350. The number of nitrogens with zero attached hydrogens (tertiary/aromatic N) is 4. The SMILES string of the molecule is CCc1ccc(C(=O)N2CCC(c3nc4cccnc4n3C)C2)cc1. The number of imidazole rings is 1. The molecule has 0 aliphatic carbocycles. The molecule has 5 nitrogen and oxygen atoms in total. The summed E-state index contributed by atoms with van der Waals surface area (Å²) in [5, 5.41) is 0. The normalized spacial score (nSPS) is 17.4. The van der Waals surface area contributed by atoms with Crippen molar-refractivity contribution in [1.82, 2.24) is 19.4 Å². The Kier molecular flexibility index (Phi) is 3.99. The van der Waals surface area contributed by atoms with E-state index in [1.54, 1.807) is 6.20 Å². The van der Waals surface area contributed by atoms with Gasteiger partial charge in [-0.3, -0.25) is 4.79 Å². The Bertz CT molecular complexity index is 913. The second-order valence-electron chi connectivity index (χ2n) is 6.66. The predicted molar refractivity (Wildman–Crippen MR) is 97.6 cm³/mol. The summed E-state index contributed by atoms with van der Waals surface area (Å²) in [7, 11) is 2.01. The lowest BCUT2D eigenvalue weighted by Gasteiger charge is -2.17. The molecule has 4 rings (SSSR count). The standard InChI is InChI=1S/C20H22N4O/c1-3-14-6-8-15(9-7-14)20(25)24-12-10-16(13-24)18-22-17-5-4-11-21-19(17)23(18)2/h4-9,11,16H,3,10,12-13H2,1-2H3. The smallest absolute Gasteiger partial charge is 0.253 e. The number of amides is 1. The van der Waals surface area contributed by atoms with Crippen molar-refractivity contribution in [3.8, 4) is 0 Å². The van der Waals surface area contributed by atoms with Crippen molar-refractivity contribution >= 4 is 17.1 Å². The Balaban J connectivity index is 1.53. The number of hydrogen-bond donors (Lipinski definition) is 0. The minimum atomic E-state index is 0.113. The third-order valence-corrected chi connectivity index (χ3v) is 5.11. The fourth-order valence-electron chi connectivity index (χ4n) is 3.63. The maximum Gasteiger partial charge on any atom is 0.253 e. The van der Waals surface area contributed by atoms with Crippen LogP contribution in [0.5, 0.6) is 0 Å². The van der Waals surface area contributed by atoms with Crippen LogP contribution in [0.15, 0.2) is 42.6 Å². The molecule has 3 heterocycles. The molecule has 1 aliphatic heterocycles. The quantitative estimate of drug-likeness (QED) is 0.739. The number of pyridine rings is 1. The van der Waals surface area contributed by atoms with Gasteiger partial charge in [0.15, 0.2) is 5.65 Å². The van der Waals surface area contributed by atoms with E-state index in [1.165, 1.54) is 5.56 Å². The second-order valence-corrected chi connectivity index (χ2v) is 6.66. The highest BCUT2D eigenvalue weighted by Gasteiger charge is 2.31. The van der Waals surface area contributed by atoms with Crippen LogP contribution in [-0.2, 0) is 13.5 Å². The molecule has 1 atom stereocenters. The van der Waals surface area contributed by atoms with Crippen molar-refractivity contribution in [3.63, 3.8) is 0 Å². The zero-order chi connectivity index (χ0) is 17.4. The Morgan fingerprint density at radius 1 is 1.24 bits per heavy atom. The zero-order valence-electron chi connectivity index (χ0n) is 14.6. The van der Waals surface area contributed by atoms with Gasteiger partial charge in [-0.2, -0.15) is 0 Å². The van der Waals surface area contributed by atoms with E-state index in [2.05, 4.69) is 16.5 Å². The molecule has 2 aromatic heterocycles. The molecule has 0 N–H and O–H groups in total. The van der Waals surface area contributed by atoms with Crippen LogP contribution in [0.2, 0.25) is 0 Å². The maximum absolute atomic E-state index is 12.8. The summed E-state index contributed by atoms with van der Waals surface area (Å²) >= 11 is 0.